The van der Waals surface area contributed by atoms with Gasteiger partial charge in [0.2, 0.25) is 11.8 Å². The van der Waals surface area contributed by atoms with Gasteiger partial charge in [-0.1, -0.05) is 12.1 Å². The molecule has 0 saturated carbocycles. The maximum Gasteiger partial charge on any atom is 0.227 e. The molecule has 1 aromatic heterocycles. The molecule has 0 spiro atoms. The number of hydrogen-bond donors (Lipinski definition) is 1. The van der Waals surface area contributed by atoms with Gasteiger partial charge in [-0.25, -0.2) is 4.98 Å². The van der Waals surface area contributed by atoms with Crippen molar-refractivity contribution in [3.63, 3.8) is 0 Å². The number of aryl methyl sites for hydroxylation is 2. The third-order valence-corrected chi connectivity index (χ3v) is 8.06. The Labute approximate surface area is 205 Å². The number of amides is 2. The number of carbonyl (C=O) groups is 2. The molecule has 3 heterocycles. The van der Waals surface area contributed by atoms with Crippen LogP contribution in [0.4, 0.5) is 5.69 Å². The molecule has 2 aliphatic heterocycles. The van der Waals surface area contributed by atoms with E-state index in [4.69, 9.17) is 0 Å². The summed E-state index contributed by atoms with van der Waals surface area (Å²) in [5.41, 5.74) is 8.88. The van der Waals surface area contributed by atoms with Crippen molar-refractivity contribution < 1.29 is 9.59 Å². The van der Waals surface area contributed by atoms with Crippen LogP contribution in [0, 0.1) is 19.8 Å². The van der Waals surface area contributed by atoms with Crippen molar-refractivity contribution in [1.82, 2.24) is 14.8 Å². The van der Waals surface area contributed by atoms with E-state index in [1.165, 1.54) is 22.3 Å². The second-order valence-electron chi connectivity index (χ2n) is 9.69. The SMILES string of the molecule is Cc1cc2c(cc1C)CN(C(=O)C1CCCN(CCC(=O)Nc3ccc4ncsc4c3)C1)CC2. The predicted molar refractivity (Wildman–Crippen MR) is 137 cm³/mol. The summed E-state index contributed by atoms with van der Waals surface area (Å²) in [6.45, 7) is 8.20. The van der Waals surface area contributed by atoms with E-state index in [1.807, 2.05) is 28.6 Å². The van der Waals surface area contributed by atoms with E-state index in [1.54, 1.807) is 11.3 Å². The van der Waals surface area contributed by atoms with Gasteiger partial charge in [0.05, 0.1) is 21.6 Å². The normalized spacial score (nSPS) is 18.6. The molecule has 1 fully saturated rings. The van der Waals surface area contributed by atoms with Gasteiger partial charge in [0.25, 0.3) is 0 Å². The Hall–Kier alpha value is -2.77. The highest BCUT2D eigenvalue weighted by Crippen LogP contribution is 2.26. The average Bonchev–Trinajstić information content (AvgIpc) is 3.31. The molecule has 2 aliphatic rings. The minimum Gasteiger partial charge on any atom is -0.338 e. The number of nitrogens with one attached hydrogen (secondary N) is 1. The topological polar surface area (TPSA) is 65.5 Å². The molecule has 6 nitrogen and oxygen atoms in total. The van der Waals surface area contributed by atoms with E-state index in [0.717, 1.165) is 61.3 Å². The minimum atomic E-state index is 0.00983. The van der Waals surface area contributed by atoms with Crippen LogP contribution < -0.4 is 5.32 Å². The van der Waals surface area contributed by atoms with Crippen LogP contribution in [0.5, 0.6) is 0 Å². The first-order chi connectivity index (χ1) is 16.5. The standard InChI is InChI=1S/C27H32N4O2S/c1-18-12-20-7-11-31(16-22(20)13-19(18)2)27(33)21-4-3-9-30(15-21)10-8-26(32)29-23-5-6-24-25(14-23)34-17-28-24/h5-6,12-14,17,21H,3-4,7-11,15-16H2,1-2H3,(H,29,32). The zero-order valence-electron chi connectivity index (χ0n) is 20.0. The van der Waals surface area contributed by atoms with Gasteiger partial charge in [0.15, 0.2) is 0 Å². The number of nitrogens with zero attached hydrogens (tertiary/aromatic N) is 3. The molecule has 0 radical (unpaired) electrons. The number of hydrogen-bond acceptors (Lipinski definition) is 5. The van der Waals surface area contributed by atoms with E-state index in [-0.39, 0.29) is 17.7 Å². The number of fused-ring (bicyclic) bond motifs is 2. The van der Waals surface area contributed by atoms with Crippen LogP contribution >= 0.6 is 11.3 Å². The van der Waals surface area contributed by atoms with E-state index in [2.05, 4.69) is 41.2 Å². The third-order valence-electron chi connectivity index (χ3n) is 7.26. The fraction of sp³-hybridized carbons (Fsp3) is 0.444. The average molecular weight is 477 g/mol. The van der Waals surface area contributed by atoms with Gasteiger partial charge >= 0.3 is 0 Å². The van der Waals surface area contributed by atoms with Crippen molar-refractivity contribution in [3.05, 3.63) is 58.1 Å². The Morgan fingerprint density at radius 1 is 1.12 bits per heavy atom. The second-order valence-corrected chi connectivity index (χ2v) is 10.6. The molecule has 1 atom stereocenters. The van der Waals surface area contributed by atoms with Gasteiger partial charge in [0.1, 0.15) is 0 Å². The predicted octanol–water partition coefficient (Wildman–Crippen LogP) is 4.54. The lowest BCUT2D eigenvalue weighted by molar-refractivity contribution is -0.138. The molecule has 2 aromatic carbocycles. The molecule has 2 amide bonds. The van der Waals surface area contributed by atoms with Crippen molar-refractivity contribution in [2.45, 2.75) is 46.1 Å². The van der Waals surface area contributed by atoms with E-state index in [0.29, 0.717) is 13.0 Å². The van der Waals surface area contributed by atoms with E-state index >= 15 is 0 Å². The highest BCUT2D eigenvalue weighted by molar-refractivity contribution is 7.16. The summed E-state index contributed by atoms with van der Waals surface area (Å²) >= 11 is 1.57. The smallest absolute Gasteiger partial charge is 0.227 e. The summed E-state index contributed by atoms with van der Waals surface area (Å²) < 4.78 is 1.07. The van der Waals surface area contributed by atoms with Crippen LogP contribution in [0.25, 0.3) is 10.2 Å². The van der Waals surface area contributed by atoms with Crippen molar-refractivity contribution in [2.24, 2.45) is 5.92 Å². The van der Waals surface area contributed by atoms with Crippen molar-refractivity contribution in [2.75, 3.05) is 31.5 Å². The van der Waals surface area contributed by atoms with Crippen LogP contribution in [0.15, 0.2) is 35.8 Å². The summed E-state index contributed by atoms with van der Waals surface area (Å²) in [7, 11) is 0. The number of anilines is 1. The Kier molecular flexibility index (Phi) is 6.66. The Morgan fingerprint density at radius 2 is 1.94 bits per heavy atom. The van der Waals surface area contributed by atoms with Gasteiger partial charge in [0, 0.05) is 38.3 Å². The molecule has 5 rings (SSSR count). The highest BCUT2D eigenvalue weighted by Gasteiger charge is 2.31. The molecule has 0 bridgehead atoms. The van der Waals surface area contributed by atoms with Gasteiger partial charge < -0.3 is 15.1 Å². The largest absolute Gasteiger partial charge is 0.338 e. The molecule has 1 unspecified atom stereocenters. The molecule has 3 aromatic rings. The summed E-state index contributed by atoms with van der Waals surface area (Å²) in [5, 5.41) is 3.01. The maximum atomic E-state index is 13.3. The summed E-state index contributed by atoms with van der Waals surface area (Å²) in [5.74, 6) is 0.310. The Bertz CT molecular complexity index is 1220. The van der Waals surface area contributed by atoms with Crippen molar-refractivity contribution in [1.29, 1.82) is 0 Å². The number of rotatable bonds is 5. The number of benzene rings is 2. The lowest BCUT2D eigenvalue weighted by atomic mass is 9.92. The van der Waals surface area contributed by atoms with Crippen molar-refractivity contribution >= 4 is 39.1 Å². The quantitative estimate of drug-likeness (QED) is 0.587. The molecule has 7 heteroatoms. The molecular formula is C27H32N4O2S. The van der Waals surface area contributed by atoms with Crippen LogP contribution in [-0.4, -0.2) is 52.8 Å². The molecular weight excluding hydrogens is 444 g/mol. The van der Waals surface area contributed by atoms with Gasteiger partial charge in [-0.2, -0.15) is 0 Å². The minimum absolute atomic E-state index is 0.00983. The molecule has 1 saturated heterocycles. The summed E-state index contributed by atoms with van der Waals surface area (Å²) in [6, 6.07) is 10.3. The lowest BCUT2D eigenvalue weighted by Crippen LogP contribution is -2.46. The zero-order valence-corrected chi connectivity index (χ0v) is 20.8. The fourth-order valence-corrected chi connectivity index (χ4v) is 5.89. The van der Waals surface area contributed by atoms with Gasteiger partial charge in [-0.05, 0) is 80.1 Å². The maximum absolute atomic E-state index is 13.3. The molecule has 1 N–H and O–H groups in total. The Balaban J connectivity index is 1.13. The van der Waals surface area contributed by atoms with Crippen LogP contribution in [0.3, 0.4) is 0 Å². The van der Waals surface area contributed by atoms with Crippen LogP contribution in [0.2, 0.25) is 0 Å². The molecule has 34 heavy (non-hydrogen) atoms. The van der Waals surface area contributed by atoms with E-state index < -0.39 is 0 Å². The zero-order chi connectivity index (χ0) is 23.7. The number of thiazole rings is 1. The number of aromatic nitrogens is 1. The molecule has 0 aliphatic carbocycles. The Morgan fingerprint density at radius 3 is 2.79 bits per heavy atom. The van der Waals surface area contributed by atoms with Crippen LogP contribution in [-0.2, 0) is 22.6 Å². The van der Waals surface area contributed by atoms with Gasteiger partial charge in [-0.15, -0.1) is 11.3 Å². The number of carbonyl (C=O) groups excluding carboxylic acids is 2. The molecule has 178 valence electrons. The van der Waals surface area contributed by atoms with Crippen molar-refractivity contribution in [3.8, 4) is 0 Å². The fourth-order valence-electron chi connectivity index (χ4n) is 5.18. The number of likely N-dealkylation sites (tertiary alicyclic amines) is 1. The van der Waals surface area contributed by atoms with E-state index in [9.17, 15) is 9.59 Å². The second kappa shape index (κ2) is 9.84. The third kappa shape index (κ3) is 5.00. The van der Waals surface area contributed by atoms with Gasteiger partial charge in [-0.3, -0.25) is 9.59 Å². The first-order valence-electron chi connectivity index (χ1n) is 12.2. The highest BCUT2D eigenvalue weighted by atomic mass is 32.1. The first-order valence-corrected chi connectivity index (χ1v) is 13.1. The lowest BCUT2D eigenvalue weighted by Gasteiger charge is -2.37. The summed E-state index contributed by atoms with van der Waals surface area (Å²) in [4.78, 5) is 34.5. The monoisotopic (exact) mass is 476 g/mol. The van der Waals surface area contributed by atoms with Crippen LogP contribution in [0.1, 0.15) is 41.5 Å². The summed E-state index contributed by atoms with van der Waals surface area (Å²) in [6.07, 6.45) is 3.30. The number of piperidine rings is 1. The first kappa shape index (κ1) is 23.0.